The van der Waals surface area contributed by atoms with E-state index in [0.29, 0.717) is 10.6 Å². The molecule has 0 aliphatic rings. The molecule has 1 unspecified atom stereocenters. The van der Waals surface area contributed by atoms with Gasteiger partial charge in [0.2, 0.25) is 0 Å². The normalized spacial score (nSPS) is 12.1. The molecule has 4 nitrogen and oxygen atoms in total. The maximum absolute atomic E-state index is 11.7. The van der Waals surface area contributed by atoms with E-state index in [4.69, 9.17) is 10.5 Å². The summed E-state index contributed by atoms with van der Waals surface area (Å²) in [6.07, 6.45) is 0. The third-order valence-corrected chi connectivity index (χ3v) is 3.14. The molecule has 0 saturated carbocycles. The molecule has 1 aromatic carbocycles. The highest BCUT2D eigenvalue weighted by Crippen LogP contribution is 2.15. The van der Waals surface area contributed by atoms with Crippen LogP contribution >= 0.6 is 0 Å². The van der Waals surface area contributed by atoms with Crippen LogP contribution in [0.15, 0.2) is 29.2 Å². The zero-order valence-electron chi connectivity index (χ0n) is 8.43. The van der Waals surface area contributed by atoms with Gasteiger partial charge in [0.1, 0.15) is 6.61 Å². The van der Waals surface area contributed by atoms with Crippen LogP contribution in [0.5, 0.6) is 0 Å². The van der Waals surface area contributed by atoms with E-state index in [1.165, 1.54) is 6.92 Å². The summed E-state index contributed by atoms with van der Waals surface area (Å²) in [4.78, 5) is 11.1. The lowest BCUT2D eigenvalue weighted by Gasteiger charge is -2.05. The van der Waals surface area contributed by atoms with Crippen LogP contribution in [0.25, 0.3) is 0 Å². The van der Waals surface area contributed by atoms with Crippen molar-refractivity contribution in [2.75, 3.05) is 18.1 Å². The molecule has 1 rings (SSSR count). The summed E-state index contributed by atoms with van der Waals surface area (Å²) in [5.74, 6) is -0.0959. The van der Waals surface area contributed by atoms with Crippen molar-refractivity contribution < 1.29 is 13.7 Å². The highest BCUT2D eigenvalue weighted by Gasteiger charge is 2.07. The average molecular weight is 227 g/mol. The van der Waals surface area contributed by atoms with Crippen LogP contribution in [0.3, 0.4) is 0 Å². The van der Waals surface area contributed by atoms with E-state index in [9.17, 15) is 9.00 Å². The van der Waals surface area contributed by atoms with E-state index in [1.54, 1.807) is 24.3 Å². The molecule has 82 valence electrons. The van der Waals surface area contributed by atoms with Crippen LogP contribution in [-0.2, 0) is 20.3 Å². The molecule has 0 aromatic heterocycles. The highest BCUT2D eigenvalue weighted by molar-refractivity contribution is 7.85. The molecule has 0 fully saturated rings. The molecule has 0 aliphatic carbocycles. The second kappa shape index (κ2) is 5.50. The minimum absolute atomic E-state index is 0.149. The quantitative estimate of drug-likeness (QED) is 0.614. The average Bonchev–Trinajstić information content (AvgIpc) is 2.17. The van der Waals surface area contributed by atoms with Crippen LogP contribution in [0, 0.1) is 0 Å². The Morgan fingerprint density at radius 1 is 1.47 bits per heavy atom. The van der Waals surface area contributed by atoms with E-state index in [1.807, 2.05) is 0 Å². The second-order valence-corrected chi connectivity index (χ2v) is 4.47. The van der Waals surface area contributed by atoms with Gasteiger partial charge in [0, 0.05) is 12.6 Å². The largest absolute Gasteiger partial charge is 0.465 e. The Hall–Kier alpha value is -1.36. The molecule has 1 atom stereocenters. The molecule has 5 heteroatoms. The predicted molar refractivity (Wildman–Crippen MR) is 58.8 cm³/mol. The van der Waals surface area contributed by atoms with Crippen molar-refractivity contribution in [3.8, 4) is 0 Å². The number of carbonyl (C=O) groups is 1. The maximum Gasteiger partial charge on any atom is 0.302 e. The van der Waals surface area contributed by atoms with Crippen molar-refractivity contribution in [2.24, 2.45) is 0 Å². The molecule has 0 saturated heterocycles. The van der Waals surface area contributed by atoms with Crippen molar-refractivity contribution in [1.29, 1.82) is 0 Å². The molecule has 0 spiro atoms. The molecular formula is C10H13NO3S. The fourth-order valence-electron chi connectivity index (χ4n) is 1.06. The zero-order chi connectivity index (χ0) is 11.3. The van der Waals surface area contributed by atoms with E-state index in [2.05, 4.69) is 0 Å². The van der Waals surface area contributed by atoms with Crippen molar-refractivity contribution in [3.05, 3.63) is 24.3 Å². The molecule has 0 bridgehead atoms. The number of hydrogen-bond donors (Lipinski definition) is 1. The van der Waals surface area contributed by atoms with Gasteiger partial charge in [-0.3, -0.25) is 9.00 Å². The molecule has 2 N–H and O–H groups in total. The number of anilines is 1. The van der Waals surface area contributed by atoms with Crippen LogP contribution in [0.2, 0.25) is 0 Å². The Morgan fingerprint density at radius 2 is 2.13 bits per heavy atom. The summed E-state index contributed by atoms with van der Waals surface area (Å²) >= 11 is 0. The number of hydrogen-bond acceptors (Lipinski definition) is 4. The number of carbonyl (C=O) groups excluding carboxylic acids is 1. The van der Waals surface area contributed by atoms with Gasteiger partial charge in [-0.15, -0.1) is 0 Å². The molecule has 0 aliphatic heterocycles. The van der Waals surface area contributed by atoms with Crippen molar-refractivity contribution in [1.82, 2.24) is 0 Å². The first-order valence-corrected chi connectivity index (χ1v) is 5.79. The summed E-state index contributed by atoms with van der Waals surface area (Å²) in [5.41, 5.74) is 6.15. The summed E-state index contributed by atoms with van der Waals surface area (Å²) in [6.45, 7) is 1.47. The van der Waals surface area contributed by atoms with Crippen LogP contribution in [-0.4, -0.2) is 22.5 Å². The van der Waals surface area contributed by atoms with Crippen molar-refractivity contribution >= 4 is 22.5 Å². The topological polar surface area (TPSA) is 69.4 Å². The summed E-state index contributed by atoms with van der Waals surface area (Å²) < 4.78 is 16.4. The molecule has 15 heavy (non-hydrogen) atoms. The van der Waals surface area contributed by atoms with Gasteiger partial charge in [0.05, 0.1) is 21.4 Å². The lowest BCUT2D eigenvalue weighted by Crippen LogP contribution is -2.10. The molecule has 1 aromatic rings. The smallest absolute Gasteiger partial charge is 0.302 e. The predicted octanol–water partition coefficient (Wildman–Crippen LogP) is 0.940. The number of ether oxygens (including phenoxy) is 1. The Morgan fingerprint density at radius 3 is 2.73 bits per heavy atom. The van der Waals surface area contributed by atoms with E-state index < -0.39 is 10.8 Å². The SMILES string of the molecule is CC(=O)OCCS(=O)c1ccccc1N. The fraction of sp³-hybridized carbons (Fsp3) is 0.300. The lowest BCUT2D eigenvalue weighted by atomic mass is 10.3. The highest BCUT2D eigenvalue weighted by atomic mass is 32.2. The Labute approximate surface area is 90.9 Å². The number of benzene rings is 1. The monoisotopic (exact) mass is 227 g/mol. The molecule has 0 amide bonds. The first-order valence-electron chi connectivity index (χ1n) is 4.47. The van der Waals surface area contributed by atoms with Gasteiger partial charge >= 0.3 is 5.97 Å². The number of esters is 1. The van der Waals surface area contributed by atoms with Gasteiger partial charge in [-0.05, 0) is 12.1 Å². The second-order valence-electron chi connectivity index (χ2n) is 2.93. The Kier molecular flexibility index (Phi) is 4.30. The molecule has 0 heterocycles. The zero-order valence-corrected chi connectivity index (χ0v) is 9.25. The maximum atomic E-state index is 11.7. The Balaban J connectivity index is 2.54. The Bertz CT molecular complexity index is 379. The van der Waals surface area contributed by atoms with Gasteiger partial charge < -0.3 is 10.5 Å². The first kappa shape index (κ1) is 11.7. The number of nitrogen functional groups attached to an aromatic ring is 1. The van der Waals surface area contributed by atoms with Gasteiger partial charge in [-0.1, -0.05) is 12.1 Å². The minimum atomic E-state index is -1.21. The van der Waals surface area contributed by atoms with Gasteiger partial charge in [0.15, 0.2) is 0 Å². The molecule has 0 radical (unpaired) electrons. The van der Waals surface area contributed by atoms with Gasteiger partial charge in [-0.2, -0.15) is 0 Å². The summed E-state index contributed by atoms with van der Waals surface area (Å²) in [7, 11) is -1.21. The third kappa shape index (κ3) is 3.71. The third-order valence-electron chi connectivity index (χ3n) is 1.74. The van der Waals surface area contributed by atoms with Crippen molar-refractivity contribution in [2.45, 2.75) is 11.8 Å². The minimum Gasteiger partial charge on any atom is -0.465 e. The lowest BCUT2D eigenvalue weighted by molar-refractivity contribution is -0.140. The summed E-state index contributed by atoms with van der Waals surface area (Å²) in [5, 5.41) is 0. The number of nitrogens with two attached hydrogens (primary N) is 1. The fourth-order valence-corrected chi connectivity index (χ4v) is 2.07. The van der Waals surface area contributed by atoms with Gasteiger partial charge in [0.25, 0.3) is 0 Å². The van der Waals surface area contributed by atoms with Crippen LogP contribution in [0.4, 0.5) is 5.69 Å². The van der Waals surface area contributed by atoms with Crippen molar-refractivity contribution in [3.63, 3.8) is 0 Å². The number of rotatable bonds is 4. The first-order chi connectivity index (χ1) is 7.11. The standard InChI is InChI=1S/C10H13NO3S/c1-8(12)14-6-7-15(13)10-5-3-2-4-9(10)11/h2-5H,6-7,11H2,1H3. The van der Waals surface area contributed by atoms with E-state index in [0.717, 1.165) is 0 Å². The van der Waals surface area contributed by atoms with E-state index >= 15 is 0 Å². The number of para-hydroxylation sites is 1. The molecular weight excluding hydrogens is 214 g/mol. The van der Waals surface area contributed by atoms with Crippen LogP contribution in [0.1, 0.15) is 6.92 Å². The van der Waals surface area contributed by atoms with E-state index in [-0.39, 0.29) is 18.3 Å². The summed E-state index contributed by atoms with van der Waals surface area (Å²) in [6, 6.07) is 6.95. The van der Waals surface area contributed by atoms with Crippen LogP contribution < -0.4 is 5.73 Å². The van der Waals surface area contributed by atoms with Gasteiger partial charge in [-0.25, -0.2) is 0 Å².